The van der Waals surface area contributed by atoms with Gasteiger partial charge in [0, 0.05) is 25.2 Å². The zero-order chi connectivity index (χ0) is 14.4. The van der Waals surface area contributed by atoms with Gasteiger partial charge in [-0.15, -0.1) is 0 Å². The fraction of sp³-hybridized carbons (Fsp3) is 0.600. The van der Waals surface area contributed by atoms with E-state index in [4.69, 9.17) is 4.74 Å². The third-order valence-electron chi connectivity index (χ3n) is 3.71. The highest BCUT2D eigenvalue weighted by molar-refractivity contribution is 5.36. The number of nitrogens with zero attached hydrogens (tertiary/aromatic N) is 2. The smallest absolute Gasteiger partial charge is 0.269 e. The quantitative estimate of drug-likeness (QED) is 0.592. The molecule has 5 nitrogen and oxygen atoms in total. The summed E-state index contributed by atoms with van der Waals surface area (Å²) < 4.78 is 5.89. The van der Waals surface area contributed by atoms with Crippen molar-refractivity contribution >= 4 is 5.69 Å². The number of likely N-dealkylation sites (tertiary alicyclic amines) is 1. The van der Waals surface area contributed by atoms with Crippen LogP contribution in [0.4, 0.5) is 5.69 Å². The Labute approximate surface area is 119 Å². The monoisotopic (exact) mass is 278 g/mol. The molecule has 0 saturated carbocycles. The number of non-ortho nitro benzene ring substituents is 1. The third-order valence-corrected chi connectivity index (χ3v) is 3.71. The molecule has 2 rings (SSSR count). The van der Waals surface area contributed by atoms with E-state index in [-0.39, 0.29) is 11.8 Å². The molecule has 1 aliphatic heterocycles. The second-order valence-corrected chi connectivity index (χ2v) is 5.26. The van der Waals surface area contributed by atoms with Gasteiger partial charge in [0.15, 0.2) is 0 Å². The molecular formula is C15H22N2O3. The van der Waals surface area contributed by atoms with Crippen LogP contribution < -0.4 is 4.74 Å². The lowest BCUT2D eigenvalue weighted by Gasteiger charge is -2.32. The summed E-state index contributed by atoms with van der Waals surface area (Å²) in [6, 6.07) is 6.35. The Morgan fingerprint density at radius 2 is 1.95 bits per heavy atom. The van der Waals surface area contributed by atoms with Crippen molar-refractivity contribution in [3.63, 3.8) is 0 Å². The molecule has 20 heavy (non-hydrogen) atoms. The van der Waals surface area contributed by atoms with E-state index in [1.807, 2.05) is 0 Å². The first kappa shape index (κ1) is 14.8. The number of unbranched alkanes of at least 4 members (excludes halogenated alkanes) is 1. The predicted molar refractivity (Wildman–Crippen MR) is 78.1 cm³/mol. The summed E-state index contributed by atoms with van der Waals surface area (Å²) in [5, 5.41) is 10.6. The van der Waals surface area contributed by atoms with E-state index < -0.39 is 4.92 Å². The van der Waals surface area contributed by atoms with Gasteiger partial charge in [0.1, 0.15) is 11.9 Å². The molecule has 1 aliphatic rings. The Morgan fingerprint density at radius 1 is 1.30 bits per heavy atom. The van der Waals surface area contributed by atoms with Crippen molar-refractivity contribution in [3.8, 4) is 5.75 Å². The van der Waals surface area contributed by atoms with Crippen molar-refractivity contribution in [1.29, 1.82) is 0 Å². The van der Waals surface area contributed by atoms with Crippen LogP contribution in [0.3, 0.4) is 0 Å². The van der Waals surface area contributed by atoms with Crippen LogP contribution in [-0.4, -0.2) is 35.6 Å². The maximum absolute atomic E-state index is 10.6. The standard InChI is InChI=1S/C15H22N2O3/c1-2-3-10-16-11-8-15(9-12-16)20-14-6-4-13(5-7-14)17(18)19/h4-7,15H,2-3,8-12H2,1H3. The normalized spacial score (nSPS) is 17.1. The van der Waals surface area contributed by atoms with Gasteiger partial charge in [0.05, 0.1) is 4.92 Å². The van der Waals surface area contributed by atoms with Crippen molar-refractivity contribution in [3.05, 3.63) is 34.4 Å². The van der Waals surface area contributed by atoms with Crippen LogP contribution in [0.25, 0.3) is 0 Å². The zero-order valence-electron chi connectivity index (χ0n) is 12.0. The fourth-order valence-corrected chi connectivity index (χ4v) is 2.47. The largest absolute Gasteiger partial charge is 0.490 e. The van der Waals surface area contributed by atoms with Crippen molar-refractivity contribution < 1.29 is 9.66 Å². The van der Waals surface area contributed by atoms with Crippen LogP contribution in [0.15, 0.2) is 24.3 Å². The second-order valence-electron chi connectivity index (χ2n) is 5.26. The van der Waals surface area contributed by atoms with Gasteiger partial charge in [-0.05, 0) is 37.9 Å². The predicted octanol–water partition coefficient (Wildman–Crippen LogP) is 3.24. The topological polar surface area (TPSA) is 55.6 Å². The van der Waals surface area contributed by atoms with Gasteiger partial charge in [-0.25, -0.2) is 0 Å². The number of benzene rings is 1. The molecule has 0 bridgehead atoms. The van der Waals surface area contributed by atoms with Gasteiger partial charge in [-0.1, -0.05) is 13.3 Å². The molecule has 0 aromatic heterocycles. The van der Waals surface area contributed by atoms with Gasteiger partial charge in [-0.3, -0.25) is 10.1 Å². The Hall–Kier alpha value is -1.62. The number of piperidine rings is 1. The first-order chi connectivity index (χ1) is 9.69. The molecule has 0 N–H and O–H groups in total. The van der Waals surface area contributed by atoms with Crippen molar-refractivity contribution in [2.45, 2.75) is 38.7 Å². The maximum Gasteiger partial charge on any atom is 0.269 e. The average Bonchev–Trinajstić information content (AvgIpc) is 2.47. The van der Waals surface area contributed by atoms with E-state index in [1.165, 1.54) is 31.5 Å². The van der Waals surface area contributed by atoms with E-state index in [2.05, 4.69) is 11.8 Å². The van der Waals surface area contributed by atoms with Crippen molar-refractivity contribution in [2.75, 3.05) is 19.6 Å². The van der Waals surface area contributed by atoms with Gasteiger partial charge in [0.25, 0.3) is 5.69 Å². The van der Waals surface area contributed by atoms with E-state index >= 15 is 0 Å². The molecule has 0 atom stereocenters. The van der Waals surface area contributed by atoms with Crippen molar-refractivity contribution in [2.24, 2.45) is 0 Å². The molecule has 1 aromatic carbocycles. The molecular weight excluding hydrogens is 256 g/mol. The van der Waals surface area contributed by atoms with Gasteiger partial charge in [0.2, 0.25) is 0 Å². The number of nitro benzene ring substituents is 1. The molecule has 110 valence electrons. The first-order valence-electron chi connectivity index (χ1n) is 7.32. The minimum absolute atomic E-state index is 0.103. The lowest BCUT2D eigenvalue weighted by molar-refractivity contribution is -0.384. The molecule has 1 saturated heterocycles. The zero-order valence-corrected chi connectivity index (χ0v) is 12.0. The van der Waals surface area contributed by atoms with Crippen LogP contribution in [-0.2, 0) is 0 Å². The number of hydrogen-bond donors (Lipinski definition) is 0. The van der Waals surface area contributed by atoms with E-state index in [0.29, 0.717) is 0 Å². The number of nitro groups is 1. The summed E-state index contributed by atoms with van der Waals surface area (Å²) in [6.07, 6.45) is 4.78. The van der Waals surface area contributed by atoms with Crippen LogP contribution in [0, 0.1) is 10.1 Å². The molecule has 1 aromatic rings. The summed E-state index contributed by atoms with van der Waals surface area (Å²) in [6.45, 7) is 5.56. The average molecular weight is 278 g/mol. The number of rotatable bonds is 6. The van der Waals surface area contributed by atoms with Crippen LogP contribution in [0.5, 0.6) is 5.75 Å². The van der Waals surface area contributed by atoms with E-state index in [9.17, 15) is 10.1 Å². The highest BCUT2D eigenvalue weighted by Crippen LogP contribution is 2.22. The minimum atomic E-state index is -0.393. The van der Waals surface area contributed by atoms with Crippen LogP contribution >= 0.6 is 0 Å². The van der Waals surface area contributed by atoms with Crippen molar-refractivity contribution in [1.82, 2.24) is 4.90 Å². The SMILES string of the molecule is CCCCN1CCC(Oc2ccc([N+](=O)[O-])cc2)CC1. The molecule has 5 heteroatoms. The molecule has 0 unspecified atom stereocenters. The van der Waals surface area contributed by atoms with Gasteiger partial charge in [-0.2, -0.15) is 0 Å². The highest BCUT2D eigenvalue weighted by Gasteiger charge is 2.20. The molecule has 1 heterocycles. The summed E-state index contributed by atoms with van der Waals surface area (Å²) in [7, 11) is 0. The molecule has 0 spiro atoms. The minimum Gasteiger partial charge on any atom is -0.490 e. The van der Waals surface area contributed by atoms with Crippen LogP contribution in [0.2, 0.25) is 0 Å². The summed E-state index contributed by atoms with van der Waals surface area (Å²) in [5.74, 6) is 0.725. The molecule has 0 radical (unpaired) electrons. The molecule has 0 aliphatic carbocycles. The van der Waals surface area contributed by atoms with Crippen LogP contribution in [0.1, 0.15) is 32.6 Å². The van der Waals surface area contributed by atoms with E-state index in [1.54, 1.807) is 12.1 Å². The maximum atomic E-state index is 10.6. The van der Waals surface area contributed by atoms with Gasteiger partial charge < -0.3 is 9.64 Å². The summed E-state index contributed by atoms with van der Waals surface area (Å²) >= 11 is 0. The highest BCUT2D eigenvalue weighted by atomic mass is 16.6. The summed E-state index contributed by atoms with van der Waals surface area (Å²) in [4.78, 5) is 12.7. The molecule has 1 fully saturated rings. The Bertz CT molecular complexity index is 425. The number of hydrogen-bond acceptors (Lipinski definition) is 4. The third kappa shape index (κ3) is 4.20. The second kappa shape index (κ2) is 7.24. The Balaban J connectivity index is 1.79. The van der Waals surface area contributed by atoms with E-state index in [0.717, 1.165) is 31.7 Å². The Kier molecular flexibility index (Phi) is 5.35. The Morgan fingerprint density at radius 3 is 2.50 bits per heavy atom. The fourth-order valence-electron chi connectivity index (χ4n) is 2.47. The lowest BCUT2D eigenvalue weighted by atomic mass is 10.1. The first-order valence-corrected chi connectivity index (χ1v) is 7.32. The number of ether oxygens (including phenoxy) is 1. The van der Waals surface area contributed by atoms with Gasteiger partial charge >= 0.3 is 0 Å². The molecule has 0 amide bonds. The summed E-state index contributed by atoms with van der Waals surface area (Å²) in [5.41, 5.74) is 0.103. The lowest BCUT2D eigenvalue weighted by Crippen LogP contribution is -2.38.